The number of aryl methyl sites for hydroxylation is 1. The van der Waals surface area contributed by atoms with Crippen molar-refractivity contribution in [1.82, 2.24) is 9.78 Å². The molecule has 0 atom stereocenters. The molecule has 0 bridgehead atoms. The standard InChI is InChI=1S/C16H14N2O/c1-13-6-5-9-15(10-13)19-16-11-17-18(12-16)14-7-3-2-4-8-14/h2-12H,1H3. The van der Waals surface area contributed by atoms with E-state index in [0.717, 1.165) is 17.2 Å². The van der Waals surface area contributed by atoms with Crippen molar-refractivity contribution in [1.29, 1.82) is 0 Å². The zero-order valence-corrected chi connectivity index (χ0v) is 10.7. The van der Waals surface area contributed by atoms with Crippen LogP contribution in [0.15, 0.2) is 67.0 Å². The van der Waals surface area contributed by atoms with Gasteiger partial charge in [0, 0.05) is 0 Å². The molecule has 2 aromatic carbocycles. The Morgan fingerprint density at radius 3 is 2.58 bits per heavy atom. The first-order valence-corrected chi connectivity index (χ1v) is 6.16. The molecule has 0 aliphatic carbocycles. The molecule has 19 heavy (non-hydrogen) atoms. The van der Waals surface area contributed by atoms with Crippen molar-refractivity contribution in [3.8, 4) is 17.2 Å². The second-order valence-electron chi connectivity index (χ2n) is 4.37. The Hall–Kier alpha value is -2.55. The summed E-state index contributed by atoms with van der Waals surface area (Å²) in [7, 11) is 0. The van der Waals surface area contributed by atoms with Crippen LogP contribution in [0, 0.1) is 6.92 Å². The van der Waals surface area contributed by atoms with Crippen molar-refractivity contribution in [2.24, 2.45) is 0 Å². The van der Waals surface area contributed by atoms with Crippen molar-refractivity contribution in [2.45, 2.75) is 6.92 Å². The van der Waals surface area contributed by atoms with E-state index in [1.165, 1.54) is 5.56 Å². The third-order valence-corrected chi connectivity index (χ3v) is 2.80. The van der Waals surface area contributed by atoms with Crippen molar-refractivity contribution in [3.63, 3.8) is 0 Å². The lowest BCUT2D eigenvalue weighted by Crippen LogP contribution is -1.92. The molecule has 0 aliphatic heterocycles. The maximum atomic E-state index is 5.78. The average molecular weight is 250 g/mol. The number of hydrogen-bond donors (Lipinski definition) is 0. The van der Waals surface area contributed by atoms with Crippen LogP contribution in [0.4, 0.5) is 0 Å². The van der Waals surface area contributed by atoms with E-state index in [-0.39, 0.29) is 0 Å². The molecule has 0 amide bonds. The second-order valence-corrected chi connectivity index (χ2v) is 4.37. The molecule has 0 saturated carbocycles. The summed E-state index contributed by atoms with van der Waals surface area (Å²) in [6.07, 6.45) is 3.59. The first kappa shape index (κ1) is 11.5. The van der Waals surface area contributed by atoms with E-state index in [2.05, 4.69) is 5.10 Å². The molecule has 94 valence electrons. The number of hydrogen-bond acceptors (Lipinski definition) is 2. The first-order valence-electron chi connectivity index (χ1n) is 6.16. The van der Waals surface area contributed by atoms with Crippen LogP contribution in [0.2, 0.25) is 0 Å². The molecule has 0 N–H and O–H groups in total. The van der Waals surface area contributed by atoms with E-state index < -0.39 is 0 Å². The predicted molar refractivity (Wildman–Crippen MR) is 74.8 cm³/mol. The highest BCUT2D eigenvalue weighted by Crippen LogP contribution is 2.22. The summed E-state index contributed by atoms with van der Waals surface area (Å²) in [5.41, 5.74) is 2.19. The van der Waals surface area contributed by atoms with Crippen LogP contribution in [0.5, 0.6) is 11.5 Å². The van der Waals surface area contributed by atoms with Gasteiger partial charge in [0.15, 0.2) is 5.75 Å². The number of para-hydroxylation sites is 1. The zero-order chi connectivity index (χ0) is 13.1. The summed E-state index contributed by atoms with van der Waals surface area (Å²) in [5, 5.41) is 4.30. The van der Waals surface area contributed by atoms with E-state index in [9.17, 15) is 0 Å². The Bertz CT molecular complexity index is 674. The number of aromatic nitrogens is 2. The van der Waals surface area contributed by atoms with Gasteiger partial charge in [0.05, 0.1) is 18.1 Å². The Balaban J connectivity index is 1.82. The fourth-order valence-corrected chi connectivity index (χ4v) is 1.90. The third kappa shape index (κ3) is 2.65. The lowest BCUT2D eigenvalue weighted by molar-refractivity contribution is 0.482. The second kappa shape index (κ2) is 4.98. The lowest BCUT2D eigenvalue weighted by atomic mass is 10.2. The van der Waals surface area contributed by atoms with Crippen LogP contribution in [-0.4, -0.2) is 9.78 Å². The minimum atomic E-state index is 0.731. The van der Waals surface area contributed by atoms with E-state index in [4.69, 9.17) is 4.74 Å². The van der Waals surface area contributed by atoms with Crippen LogP contribution in [0.1, 0.15) is 5.56 Å². The molecule has 3 rings (SSSR count). The van der Waals surface area contributed by atoms with Crippen molar-refractivity contribution >= 4 is 0 Å². The summed E-state index contributed by atoms with van der Waals surface area (Å²) in [6.45, 7) is 2.04. The van der Waals surface area contributed by atoms with Gasteiger partial charge < -0.3 is 4.74 Å². The van der Waals surface area contributed by atoms with Gasteiger partial charge in [-0.3, -0.25) is 0 Å². The van der Waals surface area contributed by atoms with Crippen molar-refractivity contribution < 1.29 is 4.74 Å². The zero-order valence-electron chi connectivity index (χ0n) is 10.7. The highest BCUT2D eigenvalue weighted by molar-refractivity contribution is 5.35. The number of rotatable bonds is 3. The van der Waals surface area contributed by atoms with Gasteiger partial charge in [-0.25, -0.2) is 4.68 Å². The van der Waals surface area contributed by atoms with Crippen LogP contribution < -0.4 is 4.74 Å². The van der Waals surface area contributed by atoms with Crippen LogP contribution in [0.3, 0.4) is 0 Å². The van der Waals surface area contributed by atoms with Gasteiger partial charge in [0.2, 0.25) is 0 Å². The van der Waals surface area contributed by atoms with E-state index in [1.54, 1.807) is 10.9 Å². The molecule has 3 nitrogen and oxygen atoms in total. The van der Waals surface area contributed by atoms with Crippen molar-refractivity contribution in [3.05, 3.63) is 72.6 Å². The molecule has 0 aliphatic rings. The van der Waals surface area contributed by atoms with Crippen LogP contribution in [0.25, 0.3) is 5.69 Å². The molecule has 1 heterocycles. The SMILES string of the molecule is Cc1cccc(Oc2cnn(-c3ccccc3)c2)c1. The van der Waals surface area contributed by atoms with Crippen LogP contribution >= 0.6 is 0 Å². The number of ether oxygens (including phenoxy) is 1. The van der Waals surface area contributed by atoms with Gasteiger partial charge in [0.1, 0.15) is 5.75 Å². The summed E-state index contributed by atoms with van der Waals surface area (Å²) in [6, 6.07) is 17.9. The monoisotopic (exact) mass is 250 g/mol. The Morgan fingerprint density at radius 1 is 0.947 bits per heavy atom. The van der Waals surface area contributed by atoms with Gasteiger partial charge >= 0.3 is 0 Å². The predicted octanol–water partition coefficient (Wildman–Crippen LogP) is 3.97. The molecule has 3 heteroatoms. The van der Waals surface area contributed by atoms with Crippen LogP contribution in [-0.2, 0) is 0 Å². The van der Waals surface area contributed by atoms with Gasteiger partial charge in [-0.05, 0) is 36.8 Å². The Morgan fingerprint density at radius 2 is 1.79 bits per heavy atom. The average Bonchev–Trinajstić information content (AvgIpc) is 2.88. The van der Waals surface area contributed by atoms with Gasteiger partial charge in [-0.1, -0.05) is 30.3 Å². The smallest absolute Gasteiger partial charge is 0.165 e. The van der Waals surface area contributed by atoms with Gasteiger partial charge in [-0.15, -0.1) is 0 Å². The third-order valence-electron chi connectivity index (χ3n) is 2.80. The molecular weight excluding hydrogens is 236 g/mol. The summed E-state index contributed by atoms with van der Waals surface area (Å²) in [4.78, 5) is 0. The van der Waals surface area contributed by atoms with Gasteiger partial charge in [0.25, 0.3) is 0 Å². The molecule has 0 saturated heterocycles. The summed E-state index contributed by atoms with van der Waals surface area (Å²) < 4.78 is 7.57. The minimum absolute atomic E-state index is 0.731. The normalized spacial score (nSPS) is 10.4. The topological polar surface area (TPSA) is 27.1 Å². The summed E-state index contributed by atoms with van der Waals surface area (Å²) >= 11 is 0. The molecule has 1 aromatic heterocycles. The van der Waals surface area contributed by atoms with Crippen molar-refractivity contribution in [2.75, 3.05) is 0 Å². The molecular formula is C16H14N2O. The van der Waals surface area contributed by atoms with E-state index in [0.29, 0.717) is 0 Å². The molecule has 0 fully saturated rings. The summed E-state index contributed by atoms with van der Waals surface area (Å²) in [5.74, 6) is 1.56. The molecule has 0 unspecified atom stereocenters. The largest absolute Gasteiger partial charge is 0.454 e. The quantitative estimate of drug-likeness (QED) is 0.703. The number of nitrogens with zero attached hydrogens (tertiary/aromatic N) is 2. The fraction of sp³-hybridized carbons (Fsp3) is 0.0625. The Kier molecular flexibility index (Phi) is 3.02. The van der Waals surface area contributed by atoms with E-state index in [1.807, 2.05) is 67.7 Å². The fourth-order valence-electron chi connectivity index (χ4n) is 1.90. The molecule has 0 radical (unpaired) electrons. The Labute approximate surface area is 112 Å². The maximum Gasteiger partial charge on any atom is 0.165 e. The number of benzene rings is 2. The highest BCUT2D eigenvalue weighted by atomic mass is 16.5. The first-order chi connectivity index (χ1) is 9.31. The van der Waals surface area contributed by atoms with Gasteiger partial charge in [-0.2, -0.15) is 5.10 Å². The minimum Gasteiger partial charge on any atom is -0.454 e. The highest BCUT2D eigenvalue weighted by Gasteiger charge is 2.02. The van der Waals surface area contributed by atoms with E-state index >= 15 is 0 Å². The lowest BCUT2D eigenvalue weighted by Gasteiger charge is -2.03. The molecule has 0 spiro atoms. The maximum absolute atomic E-state index is 5.78. The molecule has 3 aromatic rings.